The molecule has 2 unspecified atom stereocenters. The molecule has 0 bridgehead atoms. The molecule has 20 heavy (non-hydrogen) atoms. The van der Waals surface area contributed by atoms with Gasteiger partial charge in [-0.25, -0.2) is 8.42 Å². The largest absolute Gasteiger partial charge is 0.327 e. The van der Waals surface area contributed by atoms with E-state index in [0.29, 0.717) is 19.5 Å². The third-order valence-electron chi connectivity index (χ3n) is 3.64. The summed E-state index contributed by atoms with van der Waals surface area (Å²) in [6.45, 7) is 4.76. The Morgan fingerprint density at radius 1 is 1.40 bits per heavy atom. The number of nitrogens with two attached hydrogens (primary N) is 1. The van der Waals surface area contributed by atoms with Crippen LogP contribution in [0.15, 0.2) is 23.1 Å². The van der Waals surface area contributed by atoms with Gasteiger partial charge in [0, 0.05) is 19.1 Å². The average Bonchev–Trinajstić information content (AvgIpc) is 2.32. The lowest BCUT2D eigenvalue weighted by atomic mass is 9.96. The molecule has 0 aliphatic carbocycles. The predicted molar refractivity (Wildman–Crippen MR) is 84.0 cm³/mol. The summed E-state index contributed by atoms with van der Waals surface area (Å²) in [7, 11) is -3.52. The van der Waals surface area contributed by atoms with E-state index >= 15 is 0 Å². The molecule has 0 radical (unpaired) electrons. The Balaban J connectivity index is 0.00000200. The molecule has 1 heterocycles. The molecule has 0 amide bonds. The summed E-state index contributed by atoms with van der Waals surface area (Å²) in [6.07, 6.45) is 0.684. The number of halogens is 2. The summed E-state index contributed by atoms with van der Waals surface area (Å²) >= 11 is 6.07. The molecule has 2 atom stereocenters. The molecule has 0 saturated carbocycles. The van der Waals surface area contributed by atoms with Gasteiger partial charge in [-0.1, -0.05) is 24.6 Å². The third kappa shape index (κ3) is 3.46. The SMILES string of the molecule is Cc1ccc(S(=O)(=O)N2CCC(N)C(C)C2)c(Cl)c1.Cl. The molecular weight excluding hydrogens is 319 g/mol. The van der Waals surface area contributed by atoms with E-state index in [4.69, 9.17) is 17.3 Å². The van der Waals surface area contributed by atoms with Gasteiger partial charge < -0.3 is 5.73 Å². The van der Waals surface area contributed by atoms with Gasteiger partial charge in [-0.2, -0.15) is 4.31 Å². The summed E-state index contributed by atoms with van der Waals surface area (Å²) < 4.78 is 26.6. The van der Waals surface area contributed by atoms with Crippen LogP contribution in [-0.2, 0) is 10.0 Å². The van der Waals surface area contributed by atoms with E-state index < -0.39 is 10.0 Å². The zero-order valence-corrected chi connectivity index (χ0v) is 13.9. The first-order valence-electron chi connectivity index (χ1n) is 6.34. The van der Waals surface area contributed by atoms with E-state index in [-0.39, 0.29) is 34.3 Å². The zero-order chi connectivity index (χ0) is 14.2. The van der Waals surface area contributed by atoms with Crippen molar-refractivity contribution in [2.75, 3.05) is 13.1 Å². The number of rotatable bonds is 2. The van der Waals surface area contributed by atoms with E-state index in [1.165, 1.54) is 4.31 Å². The molecule has 1 aliphatic heterocycles. The van der Waals surface area contributed by atoms with Crippen LogP contribution in [0.5, 0.6) is 0 Å². The minimum Gasteiger partial charge on any atom is -0.327 e. The molecule has 114 valence electrons. The highest BCUT2D eigenvalue weighted by Gasteiger charge is 2.33. The molecule has 1 saturated heterocycles. The molecule has 2 rings (SSSR count). The van der Waals surface area contributed by atoms with Crippen molar-refractivity contribution in [3.8, 4) is 0 Å². The van der Waals surface area contributed by atoms with E-state index in [1.807, 2.05) is 13.8 Å². The van der Waals surface area contributed by atoms with Crippen molar-refractivity contribution in [1.29, 1.82) is 0 Å². The van der Waals surface area contributed by atoms with Gasteiger partial charge in [0.1, 0.15) is 4.90 Å². The molecule has 0 aromatic heterocycles. The number of nitrogens with zero attached hydrogens (tertiary/aromatic N) is 1. The Morgan fingerprint density at radius 2 is 2.05 bits per heavy atom. The predicted octanol–water partition coefficient (Wildman–Crippen LogP) is 2.43. The maximum Gasteiger partial charge on any atom is 0.244 e. The summed E-state index contributed by atoms with van der Waals surface area (Å²) in [4.78, 5) is 0.183. The van der Waals surface area contributed by atoms with Gasteiger partial charge in [-0.15, -0.1) is 12.4 Å². The summed E-state index contributed by atoms with van der Waals surface area (Å²) in [5.74, 6) is 0.160. The van der Waals surface area contributed by atoms with Crippen LogP contribution in [0.4, 0.5) is 0 Å². The highest BCUT2D eigenvalue weighted by atomic mass is 35.5. The lowest BCUT2D eigenvalue weighted by Gasteiger charge is -2.34. The maximum atomic E-state index is 12.6. The zero-order valence-electron chi connectivity index (χ0n) is 11.5. The normalized spacial score (nSPS) is 24.2. The van der Waals surface area contributed by atoms with Gasteiger partial charge in [0.2, 0.25) is 10.0 Å². The van der Waals surface area contributed by atoms with Crippen LogP contribution in [0.3, 0.4) is 0 Å². The molecule has 1 aromatic carbocycles. The quantitative estimate of drug-likeness (QED) is 0.900. The van der Waals surface area contributed by atoms with E-state index in [2.05, 4.69) is 0 Å². The van der Waals surface area contributed by atoms with Crippen LogP contribution in [-0.4, -0.2) is 31.9 Å². The Hall–Kier alpha value is -0.330. The number of piperidine rings is 1. The Morgan fingerprint density at radius 3 is 2.60 bits per heavy atom. The molecule has 0 spiro atoms. The molecule has 1 aromatic rings. The van der Waals surface area contributed by atoms with Crippen molar-refractivity contribution in [3.63, 3.8) is 0 Å². The third-order valence-corrected chi connectivity index (χ3v) is 5.99. The van der Waals surface area contributed by atoms with Crippen molar-refractivity contribution in [2.24, 2.45) is 11.7 Å². The molecule has 7 heteroatoms. The number of benzene rings is 1. The second-order valence-electron chi connectivity index (χ2n) is 5.23. The van der Waals surface area contributed by atoms with Crippen LogP contribution in [0.1, 0.15) is 18.9 Å². The average molecular weight is 339 g/mol. The van der Waals surface area contributed by atoms with Crippen LogP contribution in [0.25, 0.3) is 0 Å². The molecule has 2 N–H and O–H groups in total. The second kappa shape index (κ2) is 6.62. The van der Waals surface area contributed by atoms with Crippen LogP contribution in [0.2, 0.25) is 5.02 Å². The van der Waals surface area contributed by atoms with Gasteiger partial charge >= 0.3 is 0 Å². The van der Waals surface area contributed by atoms with Crippen molar-refractivity contribution in [2.45, 2.75) is 31.2 Å². The Labute approximate surface area is 131 Å². The van der Waals surface area contributed by atoms with E-state index in [0.717, 1.165) is 5.56 Å². The molecule has 1 aliphatic rings. The number of aryl methyl sites for hydroxylation is 1. The van der Waals surface area contributed by atoms with Crippen molar-refractivity contribution in [1.82, 2.24) is 4.31 Å². The number of sulfonamides is 1. The van der Waals surface area contributed by atoms with Crippen LogP contribution >= 0.6 is 24.0 Å². The fourth-order valence-corrected chi connectivity index (χ4v) is 4.43. The first-order valence-corrected chi connectivity index (χ1v) is 8.16. The standard InChI is InChI=1S/C13H19ClN2O2S.ClH/c1-9-3-4-13(11(14)7-9)19(17,18)16-6-5-12(15)10(2)8-16;/h3-4,7,10,12H,5-6,8,15H2,1-2H3;1H. The van der Waals surface area contributed by atoms with Gasteiger partial charge in [0.05, 0.1) is 5.02 Å². The lowest BCUT2D eigenvalue weighted by molar-refractivity contribution is 0.250. The van der Waals surface area contributed by atoms with Crippen molar-refractivity contribution in [3.05, 3.63) is 28.8 Å². The monoisotopic (exact) mass is 338 g/mol. The fraction of sp³-hybridized carbons (Fsp3) is 0.538. The smallest absolute Gasteiger partial charge is 0.244 e. The van der Waals surface area contributed by atoms with Crippen molar-refractivity contribution < 1.29 is 8.42 Å². The minimum absolute atomic E-state index is 0. The van der Waals surface area contributed by atoms with Gasteiger partial charge in [0.15, 0.2) is 0 Å². The first kappa shape index (κ1) is 17.7. The summed E-state index contributed by atoms with van der Waals surface area (Å²) in [6, 6.07) is 5.08. The topological polar surface area (TPSA) is 63.4 Å². The van der Waals surface area contributed by atoms with Gasteiger partial charge in [-0.05, 0) is 37.0 Å². The minimum atomic E-state index is -3.52. The molecule has 1 fully saturated rings. The molecular formula is C13H20Cl2N2O2S. The number of hydrogen-bond acceptors (Lipinski definition) is 3. The van der Waals surface area contributed by atoms with Gasteiger partial charge in [0.25, 0.3) is 0 Å². The van der Waals surface area contributed by atoms with Crippen molar-refractivity contribution >= 4 is 34.0 Å². The summed E-state index contributed by atoms with van der Waals surface area (Å²) in [5.41, 5.74) is 6.87. The Kier molecular flexibility index (Phi) is 5.87. The fourth-order valence-electron chi connectivity index (χ4n) is 2.30. The van der Waals surface area contributed by atoms with Crippen LogP contribution < -0.4 is 5.73 Å². The molecule has 4 nitrogen and oxygen atoms in total. The first-order chi connectivity index (χ1) is 8.82. The van der Waals surface area contributed by atoms with Crippen LogP contribution in [0, 0.1) is 12.8 Å². The van der Waals surface area contributed by atoms with E-state index in [9.17, 15) is 8.42 Å². The second-order valence-corrected chi connectivity index (χ2v) is 7.54. The lowest BCUT2D eigenvalue weighted by Crippen LogP contribution is -2.48. The van der Waals surface area contributed by atoms with E-state index in [1.54, 1.807) is 18.2 Å². The van der Waals surface area contributed by atoms with Gasteiger partial charge in [-0.3, -0.25) is 0 Å². The highest BCUT2D eigenvalue weighted by molar-refractivity contribution is 7.89. The number of hydrogen-bond donors (Lipinski definition) is 1. The Bertz CT molecular complexity index is 578. The highest BCUT2D eigenvalue weighted by Crippen LogP contribution is 2.28. The maximum absolute atomic E-state index is 12.6. The summed E-state index contributed by atoms with van der Waals surface area (Å²) in [5, 5.41) is 0.280.